The van der Waals surface area contributed by atoms with Crippen molar-refractivity contribution in [3.05, 3.63) is 45.8 Å². The minimum absolute atomic E-state index is 0.313. The molecule has 0 saturated carbocycles. The maximum absolute atomic E-state index is 10.7. The van der Waals surface area contributed by atoms with Gasteiger partial charge in [0.25, 0.3) is 0 Å². The van der Waals surface area contributed by atoms with Crippen molar-refractivity contribution in [3.63, 3.8) is 0 Å². The molecule has 1 aliphatic rings. The molecule has 4 nitrogen and oxygen atoms in total. The maximum Gasteiger partial charge on any atom is 0.171 e. The van der Waals surface area contributed by atoms with Crippen LogP contribution in [0.1, 0.15) is 5.56 Å². The number of nitrogens with zero attached hydrogens (tertiary/aromatic N) is 2. The topological polar surface area (TPSA) is 58.0 Å². The number of hydrogen-bond donors (Lipinski definition) is 2. The Kier molecular flexibility index (Phi) is 3.42. The van der Waals surface area contributed by atoms with E-state index in [2.05, 4.69) is 31.2 Å². The van der Waals surface area contributed by atoms with Gasteiger partial charge in [-0.05, 0) is 12.1 Å². The van der Waals surface area contributed by atoms with E-state index in [1.165, 1.54) is 18.1 Å². The van der Waals surface area contributed by atoms with Crippen LogP contribution in [-0.2, 0) is 5.72 Å². The van der Waals surface area contributed by atoms with Crippen LogP contribution in [0, 0.1) is 0 Å². The molecular weight excluding hydrogens is 350 g/mol. The van der Waals surface area contributed by atoms with Crippen molar-refractivity contribution < 1.29 is 5.11 Å². The Bertz CT molecular complexity index is 625. The summed E-state index contributed by atoms with van der Waals surface area (Å²) < 4.78 is 0.963. The number of benzene rings is 1. The van der Waals surface area contributed by atoms with Crippen LogP contribution in [0.5, 0.6) is 0 Å². The second-order valence-corrected chi connectivity index (χ2v) is 6.36. The lowest BCUT2D eigenvalue weighted by Crippen LogP contribution is -2.40. The van der Waals surface area contributed by atoms with Crippen LogP contribution in [0.15, 0.2) is 40.1 Å². The van der Waals surface area contributed by atoms with Crippen molar-refractivity contribution >= 4 is 45.0 Å². The second kappa shape index (κ2) is 4.94. The molecule has 19 heavy (non-hydrogen) atoms. The standard InChI is InChI=1S/C12H9BrClN3OS/c13-8-3-1-7(2-4-8)12(18)5-19-11-9(17-12)10(14)15-6-16-11/h1-4,6,17-18H,5H2. The molecule has 0 bridgehead atoms. The van der Waals surface area contributed by atoms with Crippen LogP contribution < -0.4 is 5.32 Å². The number of aromatic nitrogens is 2. The van der Waals surface area contributed by atoms with Crippen LogP contribution >= 0.6 is 39.3 Å². The number of thioether (sulfide) groups is 1. The van der Waals surface area contributed by atoms with Crippen molar-refractivity contribution in [2.45, 2.75) is 10.8 Å². The molecule has 2 aromatic rings. The van der Waals surface area contributed by atoms with Gasteiger partial charge in [-0.15, -0.1) is 0 Å². The van der Waals surface area contributed by atoms with Crippen LogP contribution in [0.3, 0.4) is 0 Å². The SMILES string of the molecule is OC1(c2ccc(Br)cc2)CSc2ncnc(Cl)c2N1. The predicted octanol–water partition coefficient (Wildman–Crippen LogP) is 3.26. The number of hydrogen-bond acceptors (Lipinski definition) is 5. The number of anilines is 1. The van der Waals surface area contributed by atoms with Crippen molar-refractivity contribution in [2.24, 2.45) is 0 Å². The van der Waals surface area contributed by atoms with E-state index in [0.717, 1.165) is 15.1 Å². The maximum atomic E-state index is 10.7. The Morgan fingerprint density at radius 1 is 1.32 bits per heavy atom. The summed E-state index contributed by atoms with van der Waals surface area (Å²) in [6.07, 6.45) is 1.42. The monoisotopic (exact) mass is 357 g/mol. The molecule has 1 unspecified atom stereocenters. The third kappa shape index (κ3) is 2.45. The van der Waals surface area contributed by atoms with Crippen LogP contribution in [0.25, 0.3) is 0 Å². The summed E-state index contributed by atoms with van der Waals surface area (Å²) in [6, 6.07) is 7.50. The average Bonchev–Trinajstić information content (AvgIpc) is 2.41. The van der Waals surface area contributed by atoms with Crippen LogP contribution in [0.2, 0.25) is 5.15 Å². The zero-order chi connectivity index (χ0) is 13.5. The minimum atomic E-state index is -1.17. The zero-order valence-electron chi connectivity index (χ0n) is 9.60. The van der Waals surface area contributed by atoms with E-state index in [0.29, 0.717) is 16.6 Å². The van der Waals surface area contributed by atoms with Gasteiger partial charge in [0.2, 0.25) is 0 Å². The largest absolute Gasteiger partial charge is 0.366 e. The fourth-order valence-electron chi connectivity index (χ4n) is 1.86. The van der Waals surface area contributed by atoms with Crippen molar-refractivity contribution in [1.29, 1.82) is 0 Å². The lowest BCUT2D eigenvalue weighted by molar-refractivity contribution is 0.0922. The smallest absolute Gasteiger partial charge is 0.171 e. The van der Waals surface area contributed by atoms with Gasteiger partial charge in [0.15, 0.2) is 10.9 Å². The molecule has 0 amide bonds. The highest BCUT2D eigenvalue weighted by molar-refractivity contribution is 9.10. The van der Waals surface area contributed by atoms with Crippen LogP contribution in [-0.4, -0.2) is 20.8 Å². The number of fused-ring (bicyclic) bond motifs is 1. The van der Waals surface area contributed by atoms with Gasteiger partial charge < -0.3 is 10.4 Å². The van der Waals surface area contributed by atoms with Gasteiger partial charge in [-0.1, -0.05) is 51.4 Å². The summed E-state index contributed by atoms with van der Waals surface area (Å²) >= 11 is 10.9. The Labute approximate surface area is 127 Å². The van der Waals surface area contributed by atoms with Gasteiger partial charge in [0.1, 0.15) is 17.0 Å². The van der Waals surface area contributed by atoms with Gasteiger partial charge in [0.05, 0.1) is 5.75 Å². The molecule has 0 fully saturated rings. The highest BCUT2D eigenvalue weighted by Gasteiger charge is 2.35. The summed E-state index contributed by atoms with van der Waals surface area (Å²) in [6.45, 7) is 0. The summed E-state index contributed by atoms with van der Waals surface area (Å²) in [5.74, 6) is 0.453. The fraction of sp³-hybridized carbons (Fsp3) is 0.167. The number of aliphatic hydroxyl groups is 1. The molecule has 7 heteroatoms. The first-order chi connectivity index (χ1) is 9.08. The van der Waals surface area contributed by atoms with Gasteiger partial charge in [-0.3, -0.25) is 0 Å². The van der Waals surface area contributed by atoms with E-state index < -0.39 is 5.72 Å². The zero-order valence-corrected chi connectivity index (χ0v) is 12.8. The van der Waals surface area contributed by atoms with E-state index in [1.54, 1.807) is 0 Å². The number of nitrogens with one attached hydrogen (secondary N) is 1. The first kappa shape index (κ1) is 13.2. The Hall–Kier alpha value is -0.820. The highest BCUT2D eigenvalue weighted by atomic mass is 79.9. The third-order valence-corrected chi connectivity index (χ3v) is 4.80. The van der Waals surface area contributed by atoms with Crippen molar-refractivity contribution in [1.82, 2.24) is 9.97 Å². The molecule has 2 N–H and O–H groups in total. The van der Waals surface area contributed by atoms with Gasteiger partial charge >= 0.3 is 0 Å². The van der Waals surface area contributed by atoms with Crippen LogP contribution in [0.4, 0.5) is 5.69 Å². The second-order valence-electron chi connectivity index (χ2n) is 4.13. The molecule has 0 radical (unpaired) electrons. The first-order valence-corrected chi connectivity index (χ1v) is 7.64. The normalized spacial score (nSPS) is 21.6. The Balaban J connectivity index is 2.00. The molecule has 0 spiro atoms. The first-order valence-electron chi connectivity index (χ1n) is 5.48. The summed E-state index contributed by atoms with van der Waals surface area (Å²) in [4.78, 5) is 8.07. The summed E-state index contributed by atoms with van der Waals surface area (Å²) in [7, 11) is 0. The lowest BCUT2D eigenvalue weighted by Gasteiger charge is -2.34. The summed E-state index contributed by atoms with van der Waals surface area (Å²) in [5, 5.41) is 14.8. The Morgan fingerprint density at radius 2 is 2.05 bits per heavy atom. The van der Waals surface area contributed by atoms with Gasteiger partial charge in [-0.2, -0.15) is 0 Å². The number of halogens is 2. The Morgan fingerprint density at radius 3 is 2.79 bits per heavy atom. The average molecular weight is 359 g/mol. The van der Waals surface area contributed by atoms with E-state index in [9.17, 15) is 5.11 Å². The molecular formula is C12H9BrClN3OS. The third-order valence-electron chi connectivity index (χ3n) is 2.84. The molecule has 3 rings (SSSR count). The molecule has 1 aromatic carbocycles. The van der Waals surface area contributed by atoms with Crippen molar-refractivity contribution in [2.75, 3.05) is 11.1 Å². The lowest BCUT2D eigenvalue weighted by atomic mass is 10.0. The predicted molar refractivity (Wildman–Crippen MR) is 79.4 cm³/mol. The number of rotatable bonds is 1. The summed E-state index contributed by atoms with van der Waals surface area (Å²) in [5.41, 5.74) is 0.173. The van der Waals surface area contributed by atoms with E-state index >= 15 is 0 Å². The highest BCUT2D eigenvalue weighted by Crippen LogP contribution is 2.41. The molecule has 2 heterocycles. The quantitative estimate of drug-likeness (QED) is 0.766. The van der Waals surface area contributed by atoms with E-state index in [4.69, 9.17) is 11.6 Å². The molecule has 1 aliphatic heterocycles. The molecule has 1 aromatic heterocycles. The van der Waals surface area contributed by atoms with Crippen molar-refractivity contribution in [3.8, 4) is 0 Å². The van der Waals surface area contributed by atoms with E-state index in [1.807, 2.05) is 24.3 Å². The molecule has 98 valence electrons. The van der Waals surface area contributed by atoms with Gasteiger partial charge in [0, 0.05) is 10.0 Å². The molecule has 0 saturated heterocycles. The molecule has 0 aliphatic carbocycles. The van der Waals surface area contributed by atoms with E-state index in [-0.39, 0.29) is 0 Å². The van der Waals surface area contributed by atoms with Gasteiger partial charge in [-0.25, -0.2) is 9.97 Å². The minimum Gasteiger partial charge on any atom is -0.366 e. The molecule has 1 atom stereocenters. The fourth-order valence-corrected chi connectivity index (χ4v) is 3.36.